The van der Waals surface area contributed by atoms with E-state index in [9.17, 15) is 9.59 Å². The molecule has 25 heavy (non-hydrogen) atoms. The molecule has 3 rings (SSSR count). The van der Waals surface area contributed by atoms with E-state index in [0.29, 0.717) is 15.3 Å². The number of halogens is 1. The van der Waals surface area contributed by atoms with Gasteiger partial charge in [-0.2, -0.15) is 0 Å². The van der Waals surface area contributed by atoms with Crippen LogP contribution in [-0.4, -0.2) is 21.7 Å². The average molecular weight is 457 g/mol. The summed E-state index contributed by atoms with van der Waals surface area (Å²) in [5, 5.41) is 2.95. The second-order valence-corrected chi connectivity index (χ2v) is 12.0. The lowest BCUT2D eigenvalue weighted by Gasteiger charge is -2.58. The number of nitrogens with one attached hydrogen (secondary N) is 1. The number of amides is 1. The van der Waals surface area contributed by atoms with Crippen molar-refractivity contribution in [3.05, 3.63) is 11.6 Å². The molecule has 0 bridgehead atoms. The highest BCUT2D eigenvalue weighted by atomic mass is 127. The van der Waals surface area contributed by atoms with Gasteiger partial charge < -0.3 is 10.1 Å². The Kier molecular flexibility index (Phi) is 5.15. The number of hydrogen-bond acceptors (Lipinski definition) is 2. The van der Waals surface area contributed by atoms with E-state index in [2.05, 4.69) is 54.8 Å². The van der Waals surface area contributed by atoms with E-state index in [4.69, 9.17) is 0 Å². The molecular weight excluding hydrogens is 425 g/mol. The molecule has 0 aromatic heterocycles. The van der Waals surface area contributed by atoms with Crippen LogP contribution in [0.25, 0.3) is 0 Å². The van der Waals surface area contributed by atoms with Crippen LogP contribution >= 0.6 is 22.6 Å². The third kappa shape index (κ3) is 3.32. The van der Waals surface area contributed by atoms with E-state index in [1.807, 2.05) is 0 Å². The van der Waals surface area contributed by atoms with E-state index in [1.54, 1.807) is 12.5 Å². The zero-order valence-corrected chi connectivity index (χ0v) is 18.2. The Bertz CT molecular complexity index is 599. The van der Waals surface area contributed by atoms with Crippen molar-refractivity contribution in [2.75, 3.05) is 0 Å². The van der Waals surface area contributed by atoms with Crippen LogP contribution < -0.4 is 5.32 Å². The van der Waals surface area contributed by atoms with Crippen molar-refractivity contribution in [1.29, 1.82) is 0 Å². The van der Waals surface area contributed by atoms with Crippen molar-refractivity contribution >= 4 is 34.8 Å². The Labute approximate surface area is 165 Å². The van der Waals surface area contributed by atoms with Gasteiger partial charge in [-0.3, -0.25) is 4.79 Å². The topological polar surface area (TPSA) is 46.2 Å². The number of fused-ring (bicyclic) bond motifs is 3. The molecule has 0 spiro atoms. The standard InChI is InChI=1S/C21H32INO2/c1-14(13-24)23-18(25)21(4)10-5-9-20(3)16-8-11-19(2,22)12-15(16)6-7-17(20)21/h8,13-15,17H,5-7,9-12H2,1-4H3,(H,23,25)/t14-,15?,17?,19+,20+,21-/m1/s1. The quantitative estimate of drug-likeness (QED) is 0.286. The smallest absolute Gasteiger partial charge is 0.226 e. The van der Waals surface area contributed by atoms with Crippen LogP contribution in [0.15, 0.2) is 11.6 Å². The van der Waals surface area contributed by atoms with Crippen LogP contribution in [0.2, 0.25) is 0 Å². The zero-order chi connectivity index (χ0) is 18.5. The Hall–Kier alpha value is -0.390. The minimum absolute atomic E-state index is 0.0802. The monoisotopic (exact) mass is 457 g/mol. The minimum atomic E-state index is -0.400. The lowest BCUT2D eigenvalue weighted by Crippen LogP contribution is -2.56. The number of aldehydes is 1. The summed E-state index contributed by atoms with van der Waals surface area (Å²) in [6.07, 6.45) is 11.3. The Morgan fingerprint density at radius 1 is 1.32 bits per heavy atom. The van der Waals surface area contributed by atoms with Gasteiger partial charge in [0.2, 0.25) is 5.91 Å². The van der Waals surface area contributed by atoms with Crippen molar-refractivity contribution < 1.29 is 9.59 Å². The lowest BCUT2D eigenvalue weighted by atomic mass is 9.46. The molecule has 0 heterocycles. The van der Waals surface area contributed by atoms with Gasteiger partial charge in [-0.25, -0.2) is 0 Å². The van der Waals surface area contributed by atoms with Gasteiger partial charge in [0.15, 0.2) is 0 Å². The molecule has 1 amide bonds. The summed E-state index contributed by atoms with van der Waals surface area (Å²) < 4.78 is 0.379. The molecule has 6 atom stereocenters. The second-order valence-electron chi connectivity index (χ2n) is 9.39. The molecule has 0 radical (unpaired) electrons. The predicted octanol–water partition coefficient (Wildman–Crippen LogP) is 4.83. The first-order valence-corrected chi connectivity index (χ1v) is 10.9. The molecule has 2 fully saturated rings. The molecule has 0 aromatic carbocycles. The van der Waals surface area contributed by atoms with Crippen LogP contribution in [0.4, 0.5) is 0 Å². The maximum Gasteiger partial charge on any atom is 0.226 e. The highest BCUT2D eigenvalue weighted by Gasteiger charge is 2.57. The van der Waals surface area contributed by atoms with Gasteiger partial charge in [-0.1, -0.05) is 61.4 Å². The Morgan fingerprint density at radius 2 is 2.04 bits per heavy atom. The third-order valence-electron chi connectivity index (χ3n) is 7.33. The van der Waals surface area contributed by atoms with Crippen molar-refractivity contribution in [2.45, 2.75) is 82.1 Å². The van der Waals surface area contributed by atoms with Gasteiger partial charge in [0.1, 0.15) is 6.29 Å². The second kappa shape index (κ2) is 6.65. The van der Waals surface area contributed by atoms with Crippen LogP contribution in [0.3, 0.4) is 0 Å². The summed E-state index contributed by atoms with van der Waals surface area (Å²) in [5.41, 5.74) is 1.42. The highest BCUT2D eigenvalue weighted by Crippen LogP contribution is 2.63. The molecule has 3 nitrogen and oxygen atoms in total. The number of allylic oxidation sites excluding steroid dienone is 2. The van der Waals surface area contributed by atoms with Crippen LogP contribution in [0.1, 0.15) is 72.6 Å². The molecular formula is C21H32INO2. The van der Waals surface area contributed by atoms with Gasteiger partial charge in [-0.05, 0) is 62.7 Å². The van der Waals surface area contributed by atoms with Crippen molar-refractivity contribution in [2.24, 2.45) is 22.7 Å². The molecule has 0 saturated heterocycles. The first-order valence-electron chi connectivity index (χ1n) is 9.78. The number of hydrogen-bond donors (Lipinski definition) is 1. The summed E-state index contributed by atoms with van der Waals surface area (Å²) >= 11 is 2.63. The fourth-order valence-corrected chi connectivity index (χ4v) is 6.81. The van der Waals surface area contributed by atoms with Crippen LogP contribution in [0.5, 0.6) is 0 Å². The lowest BCUT2D eigenvalue weighted by molar-refractivity contribution is -0.143. The maximum absolute atomic E-state index is 13.1. The minimum Gasteiger partial charge on any atom is -0.346 e. The fraction of sp³-hybridized carbons (Fsp3) is 0.810. The predicted molar refractivity (Wildman–Crippen MR) is 110 cm³/mol. The molecule has 1 N–H and O–H groups in total. The van der Waals surface area contributed by atoms with E-state index < -0.39 is 6.04 Å². The Balaban J connectivity index is 1.91. The third-order valence-corrected chi connectivity index (χ3v) is 8.22. The van der Waals surface area contributed by atoms with Gasteiger partial charge in [0, 0.05) is 3.42 Å². The molecule has 2 unspecified atom stereocenters. The van der Waals surface area contributed by atoms with Crippen molar-refractivity contribution in [3.8, 4) is 0 Å². The zero-order valence-electron chi connectivity index (χ0n) is 16.0. The summed E-state index contributed by atoms with van der Waals surface area (Å²) in [4.78, 5) is 24.1. The number of carbonyl (C=O) groups is 2. The highest BCUT2D eigenvalue weighted by molar-refractivity contribution is 14.1. The van der Waals surface area contributed by atoms with E-state index in [0.717, 1.165) is 32.0 Å². The number of alkyl halides is 1. The fourth-order valence-electron chi connectivity index (χ4n) is 6.06. The van der Waals surface area contributed by atoms with E-state index in [1.165, 1.54) is 19.3 Å². The molecule has 3 aliphatic rings. The van der Waals surface area contributed by atoms with Gasteiger partial charge in [0.05, 0.1) is 11.5 Å². The summed E-state index contributed by atoms with van der Waals surface area (Å²) in [6, 6.07) is -0.400. The SMILES string of the molecule is C[C@H](C=O)NC(=O)[C@]1(C)CCC[C@@]2(C)C3=CC[C@](C)(I)CC3CCC12. The average Bonchev–Trinajstić information content (AvgIpc) is 2.53. The Morgan fingerprint density at radius 3 is 2.72 bits per heavy atom. The van der Waals surface area contributed by atoms with Crippen molar-refractivity contribution in [1.82, 2.24) is 5.32 Å². The van der Waals surface area contributed by atoms with Crippen LogP contribution in [-0.2, 0) is 9.59 Å². The van der Waals surface area contributed by atoms with E-state index in [-0.39, 0.29) is 16.7 Å². The number of rotatable bonds is 3. The molecule has 0 aliphatic heterocycles. The normalized spacial score (nSPS) is 44.8. The molecule has 3 aliphatic carbocycles. The van der Waals surface area contributed by atoms with Gasteiger partial charge >= 0.3 is 0 Å². The molecule has 2 saturated carbocycles. The first-order chi connectivity index (χ1) is 11.6. The molecule has 4 heteroatoms. The van der Waals surface area contributed by atoms with Gasteiger partial charge in [-0.15, -0.1) is 0 Å². The molecule has 140 valence electrons. The summed E-state index contributed by atoms with van der Waals surface area (Å²) in [5.74, 6) is 1.15. The van der Waals surface area contributed by atoms with Crippen LogP contribution in [0, 0.1) is 22.7 Å². The van der Waals surface area contributed by atoms with E-state index >= 15 is 0 Å². The molecule has 0 aromatic rings. The summed E-state index contributed by atoms with van der Waals surface area (Å²) in [6.45, 7) is 8.69. The van der Waals surface area contributed by atoms with Crippen molar-refractivity contribution in [3.63, 3.8) is 0 Å². The maximum atomic E-state index is 13.1. The first kappa shape index (κ1) is 19.4. The summed E-state index contributed by atoms with van der Waals surface area (Å²) in [7, 11) is 0. The van der Waals surface area contributed by atoms with Gasteiger partial charge in [0.25, 0.3) is 0 Å². The number of carbonyl (C=O) groups excluding carboxylic acids is 2. The largest absolute Gasteiger partial charge is 0.346 e.